The van der Waals surface area contributed by atoms with Crippen LogP contribution < -0.4 is 0 Å². The Balaban J connectivity index is 2.36. The van der Waals surface area contributed by atoms with Gasteiger partial charge in [-0.1, -0.05) is 13.3 Å². The van der Waals surface area contributed by atoms with Crippen molar-refractivity contribution in [1.29, 1.82) is 0 Å². The monoisotopic (exact) mass is 180 g/mol. The second-order valence-corrected chi connectivity index (χ2v) is 3.67. The van der Waals surface area contributed by atoms with Gasteiger partial charge in [0, 0.05) is 0 Å². The first-order valence-electron chi connectivity index (χ1n) is 4.60. The molecule has 0 aromatic heterocycles. The fourth-order valence-corrected chi connectivity index (χ4v) is 1.90. The summed E-state index contributed by atoms with van der Waals surface area (Å²) in [6.45, 7) is 2.05. The van der Waals surface area contributed by atoms with Crippen LogP contribution in [0.25, 0.3) is 0 Å². The molecule has 0 radical (unpaired) electrons. The first-order valence-corrected chi connectivity index (χ1v) is 4.60. The highest BCUT2D eigenvalue weighted by Gasteiger charge is 2.40. The summed E-state index contributed by atoms with van der Waals surface area (Å²) < 4.78 is 36.5. The van der Waals surface area contributed by atoms with Crippen LogP contribution in [0.5, 0.6) is 0 Å². The molecule has 0 bridgehead atoms. The van der Waals surface area contributed by atoms with E-state index in [1.165, 1.54) is 0 Å². The first-order chi connectivity index (χ1) is 5.54. The van der Waals surface area contributed by atoms with Crippen LogP contribution in [0.2, 0.25) is 0 Å². The number of halogens is 3. The molecule has 0 spiro atoms. The van der Waals surface area contributed by atoms with E-state index in [4.69, 9.17) is 0 Å². The Morgan fingerprint density at radius 2 is 1.58 bits per heavy atom. The lowest BCUT2D eigenvalue weighted by molar-refractivity contribution is -0.183. The molecule has 0 aromatic rings. The number of alkyl halides is 3. The maximum Gasteiger partial charge on any atom is 0.391 e. The van der Waals surface area contributed by atoms with E-state index in [1.54, 1.807) is 0 Å². The smallest absolute Gasteiger partial charge is 0.171 e. The molecule has 0 heterocycles. The molecule has 0 nitrogen and oxygen atoms in total. The van der Waals surface area contributed by atoms with E-state index >= 15 is 0 Å². The van der Waals surface area contributed by atoms with Crippen LogP contribution in [0.1, 0.15) is 39.0 Å². The van der Waals surface area contributed by atoms with Gasteiger partial charge in [0.2, 0.25) is 0 Å². The highest BCUT2D eigenvalue weighted by Crippen LogP contribution is 2.40. The summed E-state index contributed by atoms with van der Waals surface area (Å²) in [5.41, 5.74) is 0. The Hall–Kier alpha value is -0.210. The van der Waals surface area contributed by atoms with E-state index in [2.05, 4.69) is 6.92 Å². The van der Waals surface area contributed by atoms with Gasteiger partial charge in [0.1, 0.15) is 0 Å². The SMILES string of the molecule is CCC1CCC(C(F)(F)F)CC1. The number of rotatable bonds is 1. The van der Waals surface area contributed by atoms with E-state index < -0.39 is 12.1 Å². The topological polar surface area (TPSA) is 0 Å². The highest BCUT2D eigenvalue weighted by atomic mass is 19.4. The molecule has 0 amide bonds. The minimum atomic E-state index is -3.95. The number of hydrogen-bond donors (Lipinski definition) is 0. The van der Waals surface area contributed by atoms with Crippen LogP contribution in [0, 0.1) is 11.8 Å². The van der Waals surface area contributed by atoms with Gasteiger partial charge < -0.3 is 0 Å². The van der Waals surface area contributed by atoms with E-state index in [0.29, 0.717) is 18.8 Å². The Labute approximate surface area is 71.1 Å². The fraction of sp³-hybridized carbons (Fsp3) is 1.00. The molecule has 1 aliphatic rings. The van der Waals surface area contributed by atoms with E-state index in [-0.39, 0.29) is 0 Å². The molecule has 72 valence electrons. The van der Waals surface area contributed by atoms with Gasteiger partial charge in [-0.2, -0.15) is 13.2 Å². The molecule has 12 heavy (non-hydrogen) atoms. The highest BCUT2D eigenvalue weighted by molar-refractivity contribution is 4.76. The van der Waals surface area contributed by atoms with Crippen molar-refractivity contribution in [3.05, 3.63) is 0 Å². The van der Waals surface area contributed by atoms with Gasteiger partial charge in [0.25, 0.3) is 0 Å². The van der Waals surface area contributed by atoms with Crippen molar-refractivity contribution in [3.63, 3.8) is 0 Å². The van der Waals surface area contributed by atoms with Gasteiger partial charge in [-0.25, -0.2) is 0 Å². The summed E-state index contributed by atoms with van der Waals surface area (Å²) in [4.78, 5) is 0. The van der Waals surface area contributed by atoms with Crippen molar-refractivity contribution >= 4 is 0 Å². The van der Waals surface area contributed by atoms with Crippen molar-refractivity contribution in [2.24, 2.45) is 11.8 Å². The third-order valence-electron chi connectivity index (χ3n) is 2.89. The predicted octanol–water partition coefficient (Wildman–Crippen LogP) is 3.77. The average Bonchev–Trinajstić information content (AvgIpc) is 2.03. The fourth-order valence-electron chi connectivity index (χ4n) is 1.90. The van der Waals surface area contributed by atoms with Crippen molar-refractivity contribution in [2.45, 2.75) is 45.2 Å². The molecule has 0 saturated heterocycles. The molecule has 1 aliphatic carbocycles. The Morgan fingerprint density at radius 3 is 1.92 bits per heavy atom. The van der Waals surface area contributed by atoms with Crippen LogP contribution in [-0.2, 0) is 0 Å². The van der Waals surface area contributed by atoms with E-state index in [0.717, 1.165) is 19.3 Å². The quantitative estimate of drug-likeness (QED) is 0.576. The van der Waals surface area contributed by atoms with Gasteiger partial charge in [-0.15, -0.1) is 0 Å². The van der Waals surface area contributed by atoms with E-state index in [9.17, 15) is 13.2 Å². The van der Waals surface area contributed by atoms with Crippen molar-refractivity contribution in [2.75, 3.05) is 0 Å². The van der Waals surface area contributed by atoms with Crippen molar-refractivity contribution < 1.29 is 13.2 Å². The Morgan fingerprint density at radius 1 is 1.08 bits per heavy atom. The molecule has 0 atom stereocenters. The van der Waals surface area contributed by atoms with Crippen LogP contribution >= 0.6 is 0 Å². The molecule has 0 N–H and O–H groups in total. The van der Waals surface area contributed by atoms with Crippen molar-refractivity contribution in [3.8, 4) is 0 Å². The standard InChI is InChI=1S/C9H15F3/c1-2-7-3-5-8(6-4-7)9(10,11)12/h7-8H,2-6H2,1H3. The largest absolute Gasteiger partial charge is 0.391 e. The molecule has 1 rings (SSSR count). The Bertz CT molecular complexity index is 131. The second-order valence-electron chi connectivity index (χ2n) is 3.67. The van der Waals surface area contributed by atoms with Gasteiger partial charge in [-0.05, 0) is 31.6 Å². The Kier molecular flexibility index (Phi) is 3.02. The molecular formula is C9H15F3. The van der Waals surface area contributed by atoms with Crippen LogP contribution in [0.15, 0.2) is 0 Å². The third-order valence-corrected chi connectivity index (χ3v) is 2.89. The molecule has 1 saturated carbocycles. The summed E-state index contributed by atoms with van der Waals surface area (Å²) in [5, 5.41) is 0. The zero-order chi connectivity index (χ0) is 9.19. The molecule has 1 fully saturated rings. The van der Waals surface area contributed by atoms with Crippen LogP contribution in [-0.4, -0.2) is 6.18 Å². The second kappa shape index (κ2) is 3.67. The van der Waals surface area contributed by atoms with Gasteiger partial charge in [-0.3, -0.25) is 0 Å². The number of hydrogen-bond acceptors (Lipinski definition) is 0. The molecule has 0 aliphatic heterocycles. The minimum absolute atomic E-state index is 0.349. The molecular weight excluding hydrogens is 165 g/mol. The van der Waals surface area contributed by atoms with E-state index in [1.807, 2.05) is 0 Å². The average molecular weight is 180 g/mol. The lowest BCUT2D eigenvalue weighted by Gasteiger charge is -2.29. The molecule has 0 aromatic carbocycles. The maximum absolute atomic E-state index is 12.2. The lowest BCUT2D eigenvalue weighted by atomic mass is 9.80. The third kappa shape index (κ3) is 2.39. The maximum atomic E-state index is 12.2. The zero-order valence-corrected chi connectivity index (χ0v) is 7.32. The zero-order valence-electron chi connectivity index (χ0n) is 7.32. The predicted molar refractivity (Wildman–Crippen MR) is 41.8 cm³/mol. The summed E-state index contributed by atoms with van der Waals surface area (Å²) in [6.07, 6.45) is -0.686. The van der Waals surface area contributed by atoms with Crippen LogP contribution in [0.4, 0.5) is 13.2 Å². The summed E-state index contributed by atoms with van der Waals surface area (Å²) >= 11 is 0. The minimum Gasteiger partial charge on any atom is -0.171 e. The van der Waals surface area contributed by atoms with Crippen LogP contribution in [0.3, 0.4) is 0 Å². The molecule has 3 heteroatoms. The lowest BCUT2D eigenvalue weighted by Crippen LogP contribution is -2.27. The summed E-state index contributed by atoms with van der Waals surface area (Å²) in [5.74, 6) is -0.469. The molecule has 0 unspecified atom stereocenters. The summed E-state index contributed by atoms with van der Waals surface area (Å²) in [7, 11) is 0. The van der Waals surface area contributed by atoms with Gasteiger partial charge in [0.05, 0.1) is 5.92 Å². The van der Waals surface area contributed by atoms with Gasteiger partial charge >= 0.3 is 6.18 Å². The normalized spacial score (nSPS) is 32.0. The first kappa shape index (κ1) is 9.87. The summed E-state index contributed by atoms with van der Waals surface area (Å²) in [6, 6.07) is 0. The van der Waals surface area contributed by atoms with Gasteiger partial charge in [0.15, 0.2) is 0 Å². The van der Waals surface area contributed by atoms with Crippen molar-refractivity contribution in [1.82, 2.24) is 0 Å².